The molecule has 3 nitrogen and oxygen atoms in total. The van der Waals surface area contributed by atoms with Gasteiger partial charge in [0, 0.05) is 25.9 Å². The van der Waals surface area contributed by atoms with Crippen LogP contribution in [0.2, 0.25) is 0 Å². The van der Waals surface area contributed by atoms with Crippen molar-refractivity contribution in [3.05, 3.63) is 30.3 Å². The highest BCUT2D eigenvalue weighted by Gasteiger charge is 2.18. The van der Waals surface area contributed by atoms with Crippen molar-refractivity contribution >= 4 is 23.0 Å². The zero-order valence-corrected chi connectivity index (χ0v) is 10.9. The van der Waals surface area contributed by atoms with Crippen molar-refractivity contribution in [3.8, 4) is 0 Å². The topological polar surface area (TPSA) is 24.5 Å². The number of para-hydroxylation sites is 1. The third kappa shape index (κ3) is 3.68. The minimum atomic E-state index is 0.329. The van der Waals surface area contributed by atoms with E-state index >= 15 is 0 Å². The Morgan fingerprint density at radius 3 is 2.88 bits per heavy atom. The van der Waals surface area contributed by atoms with Gasteiger partial charge in [0.05, 0.1) is 6.10 Å². The monoisotopic (exact) mass is 250 g/mol. The second kappa shape index (κ2) is 5.98. The molecule has 0 spiro atoms. The number of nitrogens with one attached hydrogen (secondary N) is 1. The van der Waals surface area contributed by atoms with Gasteiger partial charge in [0.15, 0.2) is 5.11 Å². The van der Waals surface area contributed by atoms with E-state index in [-0.39, 0.29) is 0 Å². The minimum absolute atomic E-state index is 0.329. The van der Waals surface area contributed by atoms with Gasteiger partial charge >= 0.3 is 0 Å². The lowest BCUT2D eigenvalue weighted by atomic mass is 10.2. The fraction of sp³-hybridized carbons (Fsp3) is 0.462. The van der Waals surface area contributed by atoms with E-state index in [0.29, 0.717) is 6.10 Å². The fourth-order valence-electron chi connectivity index (χ4n) is 1.92. The summed E-state index contributed by atoms with van der Waals surface area (Å²) in [4.78, 5) is 2.04. The molecule has 1 saturated heterocycles. The van der Waals surface area contributed by atoms with Crippen LogP contribution in [0.5, 0.6) is 0 Å². The van der Waals surface area contributed by atoms with Gasteiger partial charge in [-0.05, 0) is 37.2 Å². The van der Waals surface area contributed by atoms with Gasteiger partial charge in [0.2, 0.25) is 0 Å². The van der Waals surface area contributed by atoms with Crippen molar-refractivity contribution in [1.82, 2.24) is 4.90 Å². The van der Waals surface area contributed by atoms with Gasteiger partial charge < -0.3 is 15.0 Å². The first kappa shape index (κ1) is 12.3. The zero-order chi connectivity index (χ0) is 12.1. The second-order valence-corrected chi connectivity index (χ2v) is 4.70. The smallest absolute Gasteiger partial charge is 0.173 e. The quantitative estimate of drug-likeness (QED) is 0.833. The van der Waals surface area contributed by atoms with Crippen molar-refractivity contribution in [1.29, 1.82) is 0 Å². The minimum Gasteiger partial charge on any atom is -0.376 e. The third-order valence-corrected chi connectivity index (χ3v) is 3.29. The summed E-state index contributed by atoms with van der Waals surface area (Å²) < 4.78 is 5.59. The number of hydrogen-bond donors (Lipinski definition) is 1. The number of benzene rings is 1. The molecule has 0 radical (unpaired) electrons. The largest absolute Gasteiger partial charge is 0.376 e. The number of nitrogens with zero attached hydrogens (tertiary/aromatic N) is 1. The van der Waals surface area contributed by atoms with E-state index in [1.165, 1.54) is 0 Å². The first-order valence-electron chi connectivity index (χ1n) is 5.94. The molecule has 2 rings (SSSR count). The normalized spacial score (nSPS) is 19.0. The van der Waals surface area contributed by atoms with Crippen LogP contribution in [-0.4, -0.2) is 36.3 Å². The van der Waals surface area contributed by atoms with Crippen LogP contribution in [0.25, 0.3) is 0 Å². The van der Waals surface area contributed by atoms with Crippen molar-refractivity contribution in [3.63, 3.8) is 0 Å². The van der Waals surface area contributed by atoms with Crippen LogP contribution in [0.4, 0.5) is 5.69 Å². The average Bonchev–Trinajstić information content (AvgIpc) is 2.83. The Labute approximate surface area is 108 Å². The molecule has 92 valence electrons. The molecule has 1 aromatic carbocycles. The number of thiocarbonyl (C=S) groups is 1. The molecule has 1 N–H and O–H groups in total. The highest BCUT2D eigenvalue weighted by Crippen LogP contribution is 2.13. The van der Waals surface area contributed by atoms with Gasteiger partial charge in [-0.3, -0.25) is 0 Å². The number of likely N-dealkylation sites (N-methyl/N-ethyl adjacent to an activating group) is 1. The number of ether oxygens (including phenoxy) is 1. The lowest BCUT2D eigenvalue weighted by Gasteiger charge is -2.23. The van der Waals surface area contributed by atoms with Crippen molar-refractivity contribution in [2.24, 2.45) is 0 Å². The number of anilines is 1. The molecule has 0 saturated carbocycles. The number of hydrogen-bond acceptors (Lipinski definition) is 2. The van der Waals surface area contributed by atoms with Crippen molar-refractivity contribution < 1.29 is 4.74 Å². The Balaban J connectivity index is 1.82. The molecule has 1 unspecified atom stereocenters. The van der Waals surface area contributed by atoms with E-state index < -0.39 is 0 Å². The van der Waals surface area contributed by atoms with Gasteiger partial charge in [0.1, 0.15) is 0 Å². The summed E-state index contributed by atoms with van der Waals surface area (Å²) in [5, 5.41) is 3.96. The van der Waals surface area contributed by atoms with E-state index in [2.05, 4.69) is 5.32 Å². The molecule has 0 aliphatic carbocycles. The molecule has 0 bridgehead atoms. The summed E-state index contributed by atoms with van der Waals surface area (Å²) in [6.07, 6.45) is 2.63. The summed E-state index contributed by atoms with van der Waals surface area (Å²) in [5.74, 6) is 0. The molecule has 1 heterocycles. The highest BCUT2D eigenvalue weighted by molar-refractivity contribution is 7.80. The van der Waals surface area contributed by atoms with Gasteiger partial charge in [-0.15, -0.1) is 0 Å². The Kier molecular flexibility index (Phi) is 4.34. The molecule has 1 atom stereocenters. The van der Waals surface area contributed by atoms with E-state index in [4.69, 9.17) is 17.0 Å². The fourth-order valence-corrected chi connectivity index (χ4v) is 2.11. The first-order valence-corrected chi connectivity index (χ1v) is 6.35. The van der Waals surface area contributed by atoms with E-state index in [1.54, 1.807) is 0 Å². The predicted molar refractivity (Wildman–Crippen MR) is 74.3 cm³/mol. The molecule has 1 fully saturated rings. The van der Waals surface area contributed by atoms with E-state index in [9.17, 15) is 0 Å². The maximum absolute atomic E-state index is 5.59. The summed E-state index contributed by atoms with van der Waals surface area (Å²) in [7, 11) is 2.00. The third-order valence-electron chi connectivity index (χ3n) is 2.87. The zero-order valence-electron chi connectivity index (χ0n) is 10.1. The SMILES string of the molecule is CN(CC1CCCO1)C(=S)Nc1ccccc1. The molecule has 1 aliphatic heterocycles. The number of rotatable bonds is 3. The van der Waals surface area contributed by atoms with E-state index in [1.807, 2.05) is 42.3 Å². The van der Waals surface area contributed by atoms with Crippen LogP contribution in [0, 0.1) is 0 Å². The molecular formula is C13H18N2OS. The Morgan fingerprint density at radius 1 is 1.47 bits per heavy atom. The van der Waals surface area contributed by atoms with Gasteiger partial charge in [0.25, 0.3) is 0 Å². The summed E-state index contributed by atoms with van der Waals surface area (Å²) in [6.45, 7) is 1.75. The maximum Gasteiger partial charge on any atom is 0.173 e. The molecule has 0 amide bonds. The van der Waals surface area contributed by atoms with Crippen LogP contribution >= 0.6 is 12.2 Å². The Morgan fingerprint density at radius 2 is 2.24 bits per heavy atom. The second-order valence-electron chi connectivity index (χ2n) is 4.31. The van der Waals surface area contributed by atoms with Crippen LogP contribution in [0.1, 0.15) is 12.8 Å². The van der Waals surface area contributed by atoms with Crippen LogP contribution in [-0.2, 0) is 4.74 Å². The molecule has 4 heteroatoms. The Bertz CT molecular complexity index is 363. The first-order chi connectivity index (χ1) is 8.25. The lowest BCUT2D eigenvalue weighted by molar-refractivity contribution is 0.0963. The van der Waals surface area contributed by atoms with Gasteiger partial charge in [-0.1, -0.05) is 18.2 Å². The van der Waals surface area contributed by atoms with E-state index in [0.717, 1.165) is 36.8 Å². The summed E-state index contributed by atoms with van der Waals surface area (Å²) in [6, 6.07) is 9.98. The molecule has 17 heavy (non-hydrogen) atoms. The highest BCUT2D eigenvalue weighted by atomic mass is 32.1. The van der Waals surface area contributed by atoms with Gasteiger partial charge in [-0.2, -0.15) is 0 Å². The molecule has 1 aliphatic rings. The Hall–Kier alpha value is -1.13. The van der Waals surface area contributed by atoms with Crippen LogP contribution < -0.4 is 5.32 Å². The van der Waals surface area contributed by atoms with Gasteiger partial charge in [-0.25, -0.2) is 0 Å². The predicted octanol–water partition coefficient (Wildman–Crippen LogP) is 2.49. The summed E-state index contributed by atoms with van der Waals surface area (Å²) in [5.41, 5.74) is 1.02. The van der Waals surface area contributed by atoms with Crippen LogP contribution in [0.15, 0.2) is 30.3 Å². The lowest BCUT2D eigenvalue weighted by Crippen LogP contribution is -2.36. The molecular weight excluding hydrogens is 232 g/mol. The summed E-state index contributed by atoms with van der Waals surface area (Å²) >= 11 is 5.35. The molecule has 1 aromatic rings. The average molecular weight is 250 g/mol. The van der Waals surface area contributed by atoms with Crippen molar-refractivity contribution in [2.75, 3.05) is 25.5 Å². The standard InChI is InChI=1S/C13H18N2OS/c1-15(10-12-8-5-9-16-12)13(17)14-11-6-3-2-4-7-11/h2-4,6-7,12H,5,8-10H2,1H3,(H,14,17). The van der Waals surface area contributed by atoms with Crippen LogP contribution in [0.3, 0.4) is 0 Å². The molecule has 0 aromatic heterocycles. The maximum atomic E-state index is 5.59. The van der Waals surface area contributed by atoms with Crippen molar-refractivity contribution in [2.45, 2.75) is 18.9 Å².